The molecule has 0 spiro atoms. The number of carbonyl (C=O) groups excluding carboxylic acids is 1. The smallest absolute Gasteiger partial charge is 0.257 e. The number of sulfonamides is 1. The number of hydrogen-bond acceptors (Lipinski definition) is 4. The van der Waals surface area contributed by atoms with E-state index < -0.39 is 15.9 Å². The fourth-order valence-corrected chi connectivity index (χ4v) is 3.71. The third kappa shape index (κ3) is 4.33. The van der Waals surface area contributed by atoms with Crippen LogP contribution in [-0.4, -0.2) is 30.5 Å². The third-order valence-electron chi connectivity index (χ3n) is 4.52. The lowest BCUT2D eigenvalue weighted by Gasteiger charge is -2.12. The summed E-state index contributed by atoms with van der Waals surface area (Å²) in [6.07, 6.45) is 1.05. The van der Waals surface area contributed by atoms with E-state index >= 15 is 0 Å². The van der Waals surface area contributed by atoms with Gasteiger partial charge >= 0.3 is 0 Å². The molecule has 3 N–H and O–H groups in total. The van der Waals surface area contributed by atoms with Crippen molar-refractivity contribution in [1.82, 2.24) is 9.97 Å². The molecule has 4 rings (SSSR count). The standard InChI is InChI=1S/C22H20N4O3S/c1-14-7-12-18(26-30(2,28)29)17(13-14)22(27)23-16-10-8-15(9-11-16)21-24-19-5-3-4-6-20(19)25-21/h3-13,26H,1-2H3,(H,23,27)(H,24,25). The lowest BCUT2D eigenvalue weighted by atomic mass is 10.1. The topological polar surface area (TPSA) is 104 Å². The molecule has 7 nitrogen and oxygen atoms in total. The normalized spacial score (nSPS) is 11.4. The number of rotatable bonds is 5. The lowest BCUT2D eigenvalue weighted by Crippen LogP contribution is -2.17. The zero-order valence-corrected chi connectivity index (χ0v) is 17.2. The number of H-pyrrole nitrogens is 1. The minimum Gasteiger partial charge on any atom is -0.338 e. The van der Waals surface area contributed by atoms with Gasteiger partial charge in [-0.05, 0) is 55.5 Å². The van der Waals surface area contributed by atoms with Gasteiger partial charge in [0, 0.05) is 11.3 Å². The number of hydrogen-bond donors (Lipinski definition) is 3. The Labute approximate surface area is 174 Å². The van der Waals surface area contributed by atoms with Crippen LogP contribution in [0.2, 0.25) is 0 Å². The van der Waals surface area contributed by atoms with E-state index in [2.05, 4.69) is 20.0 Å². The van der Waals surface area contributed by atoms with Crippen LogP contribution in [0, 0.1) is 6.92 Å². The Morgan fingerprint density at radius 2 is 1.73 bits per heavy atom. The SMILES string of the molecule is Cc1ccc(NS(C)(=O)=O)c(C(=O)Nc2ccc(-c3nc4ccccc4[nH]3)cc2)c1. The van der Waals surface area contributed by atoms with Crippen LogP contribution < -0.4 is 10.0 Å². The number of nitrogens with zero attached hydrogens (tertiary/aromatic N) is 1. The Morgan fingerprint density at radius 3 is 2.43 bits per heavy atom. The average Bonchev–Trinajstić information content (AvgIpc) is 3.13. The van der Waals surface area contributed by atoms with Crippen LogP contribution in [0.25, 0.3) is 22.4 Å². The highest BCUT2D eigenvalue weighted by molar-refractivity contribution is 7.92. The summed E-state index contributed by atoms with van der Waals surface area (Å²) in [5.41, 5.74) is 4.65. The first-order chi connectivity index (χ1) is 14.3. The molecule has 0 radical (unpaired) electrons. The van der Waals surface area contributed by atoms with Crippen LogP contribution in [0.15, 0.2) is 66.7 Å². The number of fused-ring (bicyclic) bond motifs is 1. The van der Waals surface area contributed by atoms with E-state index in [0.717, 1.165) is 34.2 Å². The van der Waals surface area contributed by atoms with Crippen molar-refractivity contribution in [3.8, 4) is 11.4 Å². The lowest BCUT2D eigenvalue weighted by molar-refractivity contribution is 0.102. The molecule has 0 bridgehead atoms. The van der Waals surface area contributed by atoms with E-state index in [1.54, 1.807) is 30.3 Å². The molecule has 0 saturated heterocycles. The van der Waals surface area contributed by atoms with Gasteiger partial charge in [0.2, 0.25) is 10.0 Å². The average molecular weight is 420 g/mol. The second-order valence-electron chi connectivity index (χ2n) is 7.06. The van der Waals surface area contributed by atoms with Crippen molar-refractivity contribution in [3.63, 3.8) is 0 Å². The first-order valence-electron chi connectivity index (χ1n) is 9.23. The zero-order valence-electron chi connectivity index (χ0n) is 16.4. The van der Waals surface area contributed by atoms with Gasteiger partial charge in [-0.25, -0.2) is 13.4 Å². The van der Waals surface area contributed by atoms with Gasteiger partial charge in [-0.15, -0.1) is 0 Å². The highest BCUT2D eigenvalue weighted by Crippen LogP contribution is 2.24. The highest BCUT2D eigenvalue weighted by Gasteiger charge is 2.15. The van der Waals surface area contributed by atoms with Crippen LogP contribution in [0.4, 0.5) is 11.4 Å². The molecule has 0 aliphatic carbocycles. The van der Waals surface area contributed by atoms with Gasteiger partial charge in [0.25, 0.3) is 5.91 Å². The van der Waals surface area contributed by atoms with Crippen LogP contribution in [0.3, 0.4) is 0 Å². The quantitative estimate of drug-likeness (QED) is 0.451. The number of nitrogens with one attached hydrogen (secondary N) is 3. The van der Waals surface area contributed by atoms with Crippen molar-refractivity contribution < 1.29 is 13.2 Å². The van der Waals surface area contributed by atoms with E-state index in [4.69, 9.17) is 0 Å². The number of anilines is 2. The zero-order chi connectivity index (χ0) is 21.3. The predicted molar refractivity (Wildman–Crippen MR) is 119 cm³/mol. The van der Waals surface area contributed by atoms with Crippen molar-refractivity contribution in [1.29, 1.82) is 0 Å². The van der Waals surface area contributed by atoms with Crippen molar-refractivity contribution in [3.05, 3.63) is 77.9 Å². The van der Waals surface area contributed by atoms with Crippen molar-refractivity contribution >= 4 is 38.3 Å². The summed E-state index contributed by atoms with van der Waals surface area (Å²) in [6, 6.07) is 20.0. The molecule has 0 saturated carbocycles. The van der Waals surface area contributed by atoms with E-state index in [-0.39, 0.29) is 11.3 Å². The maximum atomic E-state index is 12.8. The van der Waals surface area contributed by atoms with E-state index in [1.165, 1.54) is 0 Å². The van der Waals surface area contributed by atoms with Gasteiger partial charge in [0.15, 0.2) is 0 Å². The van der Waals surface area contributed by atoms with Crippen LogP contribution >= 0.6 is 0 Å². The largest absolute Gasteiger partial charge is 0.338 e. The van der Waals surface area contributed by atoms with Crippen molar-refractivity contribution in [2.24, 2.45) is 0 Å². The number of aryl methyl sites for hydroxylation is 1. The number of amides is 1. The summed E-state index contributed by atoms with van der Waals surface area (Å²) in [4.78, 5) is 20.6. The monoisotopic (exact) mass is 420 g/mol. The summed E-state index contributed by atoms with van der Waals surface area (Å²) < 4.78 is 25.6. The van der Waals surface area contributed by atoms with E-state index in [9.17, 15) is 13.2 Å². The van der Waals surface area contributed by atoms with Gasteiger partial charge in [0.1, 0.15) is 5.82 Å². The van der Waals surface area contributed by atoms with Gasteiger partial charge in [-0.2, -0.15) is 0 Å². The Morgan fingerprint density at radius 1 is 1.00 bits per heavy atom. The summed E-state index contributed by atoms with van der Waals surface area (Å²) >= 11 is 0. The van der Waals surface area contributed by atoms with Crippen LogP contribution in [0.1, 0.15) is 15.9 Å². The van der Waals surface area contributed by atoms with Gasteiger partial charge in [0.05, 0.1) is 28.5 Å². The highest BCUT2D eigenvalue weighted by atomic mass is 32.2. The molecule has 1 heterocycles. The molecule has 3 aromatic carbocycles. The minimum absolute atomic E-state index is 0.236. The Balaban J connectivity index is 1.56. The molecule has 1 amide bonds. The Kier molecular flexibility index (Phi) is 5.01. The van der Waals surface area contributed by atoms with Crippen molar-refractivity contribution in [2.75, 3.05) is 16.3 Å². The summed E-state index contributed by atoms with van der Waals surface area (Å²) in [7, 11) is -3.51. The molecule has 8 heteroatoms. The number of carbonyl (C=O) groups is 1. The van der Waals surface area contributed by atoms with Crippen LogP contribution in [0.5, 0.6) is 0 Å². The molecular formula is C22H20N4O3S. The summed E-state index contributed by atoms with van der Waals surface area (Å²) in [5, 5.41) is 2.81. The van der Waals surface area contributed by atoms with E-state index in [1.807, 2.05) is 43.3 Å². The van der Waals surface area contributed by atoms with Gasteiger partial charge in [-0.3, -0.25) is 9.52 Å². The second-order valence-corrected chi connectivity index (χ2v) is 8.81. The molecule has 4 aromatic rings. The molecule has 30 heavy (non-hydrogen) atoms. The fraction of sp³-hybridized carbons (Fsp3) is 0.0909. The molecule has 0 aliphatic heterocycles. The minimum atomic E-state index is -3.51. The first-order valence-corrected chi connectivity index (χ1v) is 11.1. The molecular weight excluding hydrogens is 400 g/mol. The maximum absolute atomic E-state index is 12.8. The Bertz CT molecular complexity index is 1310. The number of para-hydroxylation sites is 2. The number of aromatic amines is 1. The first kappa shape index (κ1) is 19.7. The third-order valence-corrected chi connectivity index (χ3v) is 5.11. The predicted octanol–water partition coefficient (Wildman–Crippen LogP) is 4.16. The summed E-state index contributed by atoms with van der Waals surface area (Å²) in [6.45, 7) is 1.84. The number of aromatic nitrogens is 2. The van der Waals surface area contributed by atoms with E-state index in [0.29, 0.717) is 5.69 Å². The van der Waals surface area contributed by atoms with Crippen molar-refractivity contribution in [2.45, 2.75) is 6.92 Å². The van der Waals surface area contributed by atoms with Gasteiger partial charge in [-0.1, -0.05) is 23.8 Å². The number of imidazole rings is 1. The maximum Gasteiger partial charge on any atom is 0.257 e. The molecule has 0 atom stereocenters. The second kappa shape index (κ2) is 7.64. The molecule has 0 unspecified atom stereocenters. The number of benzene rings is 3. The molecule has 0 fully saturated rings. The van der Waals surface area contributed by atoms with Crippen LogP contribution in [-0.2, 0) is 10.0 Å². The summed E-state index contributed by atoms with van der Waals surface area (Å²) in [5.74, 6) is 0.341. The molecule has 0 aliphatic rings. The fourth-order valence-electron chi connectivity index (χ4n) is 3.13. The molecule has 1 aromatic heterocycles. The van der Waals surface area contributed by atoms with Gasteiger partial charge < -0.3 is 10.3 Å². The molecule has 152 valence electrons. The Hall–Kier alpha value is -3.65.